The third-order valence-corrected chi connectivity index (χ3v) is 5.58. The Morgan fingerprint density at radius 3 is 2.72 bits per heavy atom. The van der Waals surface area contributed by atoms with Gasteiger partial charge in [0.25, 0.3) is 11.5 Å². The number of nitrogens with two attached hydrogens (primary N) is 1. The molecule has 2 aromatic carbocycles. The van der Waals surface area contributed by atoms with Gasteiger partial charge in [-0.25, -0.2) is 4.98 Å². The standard InChI is InChI=1S/C23H26BrN5O3/c1-5-14(2)22-27-19-9-7-16(24)10-18(19)23(31)29(22)26-12-15-6-8-17(28(3)4)11-20(15)32-13-21(25)30/h6-12,14H,5,13H2,1-4H3,(H2,25,30)/t14-/m1/s1. The molecule has 2 N–H and O–H groups in total. The van der Waals surface area contributed by atoms with E-state index in [0.29, 0.717) is 28.0 Å². The number of anilines is 1. The minimum absolute atomic E-state index is 0.0228. The van der Waals surface area contributed by atoms with E-state index in [1.165, 1.54) is 10.9 Å². The maximum absolute atomic E-state index is 13.3. The predicted octanol–water partition coefficient (Wildman–Crippen LogP) is 3.48. The number of fused-ring (bicyclic) bond motifs is 1. The molecule has 0 spiro atoms. The van der Waals surface area contributed by atoms with Gasteiger partial charge in [0.05, 0.1) is 17.1 Å². The molecule has 3 rings (SSSR count). The summed E-state index contributed by atoms with van der Waals surface area (Å²) in [4.78, 5) is 31.1. The zero-order valence-corrected chi connectivity index (χ0v) is 20.1. The molecule has 32 heavy (non-hydrogen) atoms. The van der Waals surface area contributed by atoms with Crippen LogP contribution in [-0.2, 0) is 4.79 Å². The minimum Gasteiger partial charge on any atom is -0.483 e. The lowest BCUT2D eigenvalue weighted by atomic mass is 10.1. The van der Waals surface area contributed by atoms with Crippen molar-refractivity contribution in [1.82, 2.24) is 9.66 Å². The summed E-state index contributed by atoms with van der Waals surface area (Å²) >= 11 is 3.41. The third kappa shape index (κ3) is 5.16. The molecule has 0 saturated carbocycles. The SMILES string of the molecule is CC[C@@H](C)c1nc2ccc(Br)cc2c(=O)n1N=Cc1ccc(N(C)C)cc1OCC(N)=O. The summed E-state index contributed by atoms with van der Waals surface area (Å²) < 4.78 is 7.71. The van der Waals surface area contributed by atoms with Crippen LogP contribution in [0.25, 0.3) is 10.9 Å². The first kappa shape index (κ1) is 23.5. The molecule has 3 aromatic rings. The summed E-state index contributed by atoms with van der Waals surface area (Å²) in [5, 5.41) is 4.95. The number of rotatable bonds is 8. The van der Waals surface area contributed by atoms with Crippen molar-refractivity contribution in [2.24, 2.45) is 10.8 Å². The van der Waals surface area contributed by atoms with Crippen molar-refractivity contribution in [3.63, 3.8) is 0 Å². The highest BCUT2D eigenvalue weighted by Gasteiger charge is 2.16. The molecule has 0 aliphatic carbocycles. The average Bonchev–Trinajstić information content (AvgIpc) is 2.76. The first-order chi connectivity index (χ1) is 15.2. The van der Waals surface area contributed by atoms with Crippen molar-refractivity contribution in [1.29, 1.82) is 0 Å². The van der Waals surface area contributed by atoms with Crippen molar-refractivity contribution >= 4 is 44.6 Å². The van der Waals surface area contributed by atoms with Crippen molar-refractivity contribution in [3.05, 3.63) is 62.6 Å². The van der Waals surface area contributed by atoms with Crippen LogP contribution in [0, 0.1) is 0 Å². The lowest BCUT2D eigenvalue weighted by molar-refractivity contribution is -0.119. The molecule has 1 aromatic heterocycles. The van der Waals surface area contributed by atoms with Crippen molar-refractivity contribution in [2.75, 3.05) is 25.6 Å². The van der Waals surface area contributed by atoms with Crippen molar-refractivity contribution in [2.45, 2.75) is 26.2 Å². The van der Waals surface area contributed by atoms with Gasteiger partial charge in [0.15, 0.2) is 6.61 Å². The maximum Gasteiger partial charge on any atom is 0.282 e. The fourth-order valence-corrected chi connectivity index (χ4v) is 3.44. The third-order valence-electron chi connectivity index (χ3n) is 5.08. The Morgan fingerprint density at radius 2 is 2.06 bits per heavy atom. The molecule has 0 fully saturated rings. The van der Waals surface area contributed by atoms with Crippen LogP contribution in [0.4, 0.5) is 5.69 Å². The molecule has 0 bridgehead atoms. The van der Waals surface area contributed by atoms with Crippen LogP contribution in [0.15, 0.2) is 50.8 Å². The Labute approximate surface area is 194 Å². The fraction of sp³-hybridized carbons (Fsp3) is 0.304. The molecule has 0 aliphatic rings. The van der Waals surface area contributed by atoms with Gasteiger partial charge in [-0.2, -0.15) is 9.78 Å². The van der Waals surface area contributed by atoms with E-state index in [1.807, 2.05) is 57.1 Å². The van der Waals surface area contributed by atoms with Gasteiger partial charge in [0.1, 0.15) is 11.6 Å². The zero-order chi connectivity index (χ0) is 23.4. The molecule has 1 atom stereocenters. The summed E-state index contributed by atoms with van der Waals surface area (Å²) in [6, 6.07) is 10.9. The Hall–Kier alpha value is -3.20. The van der Waals surface area contributed by atoms with Crippen molar-refractivity contribution < 1.29 is 9.53 Å². The molecular formula is C23H26BrN5O3. The van der Waals surface area contributed by atoms with E-state index in [2.05, 4.69) is 21.0 Å². The number of halogens is 1. The molecule has 1 heterocycles. The molecule has 1 amide bonds. The topological polar surface area (TPSA) is 103 Å². The average molecular weight is 500 g/mol. The van der Waals surface area contributed by atoms with Gasteiger partial charge in [-0.1, -0.05) is 29.8 Å². The first-order valence-electron chi connectivity index (χ1n) is 10.2. The summed E-state index contributed by atoms with van der Waals surface area (Å²) in [7, 11) is 3.80. The Kier molecular flexibility index (Phi) is 7.29. The number of carbonyl (C=O) groups excluding carboxylic acids is 1. The van der Waals surface area contributed by atoms with Gasteiger partial charge >= 0.3 is 0 Å². The van der Waals surface area contributed by atoms with E-state index in [9.17, 15) is 9.59 Å². The van der Waals surface area contributed by atoms with Crippen LogP contribution in [0.1, 0.15) is 37.6 Å². The number of benzene rings is 2. The summed E-state index contributed by atoms with van der Waals surface area (Å²) in [6.45, 7) is 3.78. The molecule has 0 aliphatic heterocycles. The highest BCUT2D eigenvalue weighted by Crippen LogP contribution is 2.25. The Morgan fingerprint density at radius 1 is 1.31 bits per heavy atom. The van der Waals surface area contributed by atoms with Gasteiger partial charge in [0, 0.05) is 41.8 Å². The van der Waals surface area contributed by atoms with Crippen LogP contribution in [0.3, 0.4) is 0 Å². The highest BCUT2D eigenvalue weighted by molar-refractivity contribution is 9.10. The van der Waals surface area contributed by atoms with Crippen molar-refractivity contribution in [3.8, 4) is 5.75 Å². The molecular weight excluding hydrogens is 474 g/mol. The second kappa shape index (κ2) is 9.95. The normalized spacial score (nSPS) is 12.3. The van der Waals surface area contributed by atoms with E-state index < -0.39 is 5.91 Å². The van der Waals surface area contributed by atoms with Gasteiger partial charge < -0.3 is 15.4 Å². The lowest BCUT2D eigenvalue weighted by Gasteiger charge is -2.16. The van der Waals surface area contributed by atoms with E-state index in [1.54, 1.807) is 12.1 Å². The number of ether oxygens (including phenoxy) is 1. The van der Waals surface area contributed by atoms with E-state index in [0.717, 1.165) is 16.6 Å². The molecule has 9 heteroatoms. The summed E-state index contributed by atoms with van der Waals surface area (Å²) in [6.07, 6.45) is 2.34. The molecule has 0 radical (unpaired) electrons. The van der Waals surface area contributed by atoms with E-state index in [-0.39, 0.29) is 18.1 Å². The Bertz CT molecular complexity index is 1240. The molecule has 0 unspecified atom stereocenters. The monoisotopic (exact) mass is 499 g/mol. The first-order valence-corrected chi connectivity index (χ1v) is 11.0. The zero-order valence-electron chi connectivity index (χ0n) is 18.5. The highest BCUT2D eigenvalue weighted by atomic mass is 79.9. The second-order valence-electron chi connectivity index (χ2n) is 7.67. The Balaban J connectivity index is 2.14. The van der Waals surface area contributed by atoms with Crippen LogP contribution in [-0.4, -0.2) is 42.5 Å². The molecule has 0 saturated heterocycles. The number of primary amides is 1. The number of amides is 1. The van der Waals surface area contributed by atoms with Crippen LogP contribution < -0.4 is 20.9 Å². The number of hydrogen-bond donors (Lipinski definition) is 1. The second-order valence-corrected chi connectivity index (χ2v) is 8.59. The predicted molar refractivity (Wildman–Crippen MR) is 131 cm³/mol. The lowest BCUT2D eigenvalue weighted by Crippen LogP contribution is -2.24. The fourth-order valence-electron chi connectivity index (χ4n) is 3.08. The van der Waals surface area contributed by atoms with E-state index >= 15 is 0 Å². The number of aromatic nitrogens is 2. The number of hydrogen-bond acceptors (Lipinski definition) is 6. The summed E-state index contributed by atoms with van der Waals surface area (Å²) in [5.41, 5.74) is 7.10. The van der Waals surface area contributed by atoms with Gasteiger partial charge in [-0.15, -0.1) is 0 Å². The van der Waals surface area contributed by atoms with Gasteiger partial charge in [-0.3, -0.25) is 9.59 Å². The van der Waals surface area contributed by atoms with Crippen LogP contribution in [0.2, 0.25) is 0 Å². The van der Waals surface area contributed by atoms with Gasteiger partial charge in [-0.05, 0) is 36.8 Å². The maximum atomic E-state index is 13.3. The summed E-state index contributed by atoms with van der Waals surface area (Å²) in [5.74, 6) is 0.457. The minimum atomic E-state index is -0.581. The smallest absolute Gasteiger partial charge is 0.282 e. The molecule has 8 nitrogen and oxygen atoms in total. The van der Waals surface area contributed by atoms with Crippen LogP contribution >= 0.6 is 15.9 Å². The quantitative estimate of drug-likeness (QED) is 0.477. The largest absolute Gasteiger partial charge is 0.483 e. The van der Waals surface area contributed by atoms with Crippen LogP contribution in [0.5, 0.6) is 5.75 Å². The number of carbonyl (C=O) groups is 1. The van der Waals surface area contributed by atoms with Gasteiger partial charge in [0.2, 0.25) is 0 Å². The molecule has 168 valence electrons. The van der Waals surface area contributed by atoms with E-state index in [4.69, 9.17) is 15.5 Å². The number of nitrogens with zero attached hydrogens (tertiary/aromatic N) is 4.